The smallest absolute Gasteiger partial charge is 0.355 e. The molecule has 0 spiro atoms. The second-order valence-corrected chi connectivity index (χ2v) is 7.37. The van der Waals surface area contributed by atoms with Gasteiger partial charge in [-0.05, 0) is 62.7 Å². The normalized spacial score (nSPS) is 11.4. The van der Waals surface area contributed by atoms with Crippen molar-refractivity contribution in [2.24, 2.45) is 0 Å². The Labute approximate surface area is 156 Å². The fourth-order valence-electron chi connectivity index (χ4n) is 2.62. The predicted molar refractivity (Wildman–Crippen MR) is 102 cm³/mol. The van der Waals surface area contributed by atoms with Crippen molar-refractivity contribution in [1.29, 1.82) is 0 Å². The maximum Gasteiger partial charge on any atom is 0.355 e. The molecule has 2 aromatic carbocycles. The molecule has 0 radical (unpaired) electrons. The molecule has 5 heteroatoms. The van der Waals surface area contributed by atoms with Gasteiger partial charge in [0.25, 0.3) is 0 Å². The molecule has 134 valence electrons. The number of ether oxygens (including phenoxy) is 1. The van der Waals surface area contributed by atoms with Gasteiger partial charge in [0.2, 0.25) is 0 Å². The van der Waals surface area contributed by atoms with Crippen LogP contribution in [-0.4, -0.2) is 16.6 Å². The van der Waals surface area contributed by atoms with Crippen LogP contribution in [0, 0.1) is 5.82 Å². The SMILES string of the molecule is CC(C)(C)OC(=O)c1[nH]c(-c2ccc(F)cc2)cc1-c1ccccc1Cl. The fraction of sp³-hybridized carbons (Fsp3) is 0.190. The fourth-order valence-corrected chi connectivity index (χ4v) is 2.86. The molecule has 3 aromatic rings. The Hall–Kier alpha value is -2.59. The molecule has 0 aliphatic heterocycles. The van der Waals surface area contributed by atoms with Crippen LogP contribution in [0.25, 0.3) is 22.4 Å². The number of rotatable bonds is 3. The van der Waals surface area contributed by atoms with Crippen molar-refractivity contribution in [3.05, 3.63) is 71.1 Å². The van der Waals surface area contributed by atoms with E-state index in [1.54, 1.807) is 18.2 Å². The number of hydrogen-bond acceptors (Lipinski definition) is 2. The minimum absolute atomic E-state index is 0.312. The van der Waals surface area contributed by atoms with E-state index in [-0.39, 0.29) is 5.82 Å². The van der Waals surface area contributed by atoms with E-state index in [1.807, 2.05) is 45.0 Å². The first kappa shape index (κ1) is 18.2. The summed E-state index contributed by atoms with van der Waals surface area (Å²) < 4.78 is 18.7. The Morgan fingerprint density at radius 1 is 1.04 bits per heavy atom. The van der Waals surface area contributed by atoms with Gasteiger partial charge in [-0.3, -0.25) is 0 Å². The second-order valence-electron chi connectivity index (χ2n) is 6.96. The lowest BCUT2D eigenvalue weighted by molar-refractivity contribution is 0.00646. The average Bonchev–Trinajstić information content (AvgIpc) is 2.99. The summed E-state index contributed by atoms with van der Waals surface area (Å²) in [7, 11) is 0. The highest BCUT2D eigenvalue weighted by molar-refractivity contribution is 6.33. The number of benzene rings is 2. The van der Waals surface area contributed by atoms with Crippen molar-refractivity contribution >= 4 is 17.6 Å². The molecule has 0 bridgehead atoms. The van der Waals surface area contributed by atoms with Crippen molar-refractivity contribution in [3.63, 3.8) is 0 Å². The molecule has 0 aliphatic rings. The van der Waals surface area contributed by atoms with Gasteiger partial charge < -0.3 is 9.72 Å². The van der Waals surface area contributed by atoms with Gasteiger partial charge in [-0.25, -0.2) is 9.18 Å². The van der Waals surface area contributed by atoms with Crippen LogP contribution in [-0.2, 0) is 4.74 Å². The Kier molecular flexibility index (Phi) is 4.88. The summed E-state index contributed by atoms with van der Waals surface area (Å²) in [6, 6.07) is 15.2. The number of halogens is 2. The van der Waals surface area contributed by atoms with Crippen LogP contribution in [0.1, 0.15) is 31.3 Å². The Bertz CT molecular complexity index is 939. The Morgan fingerprint density at radius 2 is 1.69 bits per heavy atom. The molecule has 0 saturated carbocycles. The molecule has 0 amide bonds. The first-order valence-corrected chi connectivity index (χ1v) is 8.59. The van der Waals surface area contributed by atoms with Gasteiger partial charge in [0.15, 0.2) is 0 Å². The summed E-state index contributed by atoms with van der Waals surface area (Å²) in [4.78, 5) is 15.8. The highest BCUT2D eigenvalue weighted by Gasteiger charge is 2.24. The number of aromatic amines is 1. The first-order valence-electron chi connectivity index (χ1n) is 8.22. The largest absolute Gasteiger partial charge is 0.455 e. The van der Waals surface area contributed by atoms with E-state index in [0.717, 1.165) is 11.1 Å². The van der Waals surface area contributed by atoms with Crippen LogP contribution in [0.5, 0.6) is 0 Å². The predicted octanol–water partition coefficient (Wildman–Crippen LogP) is 6.10. The molecule has 1 N–H and O–H groups in total. The van der Waals surface area contributed by atoms with Gasteiger partial charge >= 0.3 is 5.97 Å². The van der Waals surface area contributed by atoms with Crippen LogP contribution >= 0.6 is 11.6 Å². The van der Waals surface area contributed by atoms with Crippen LogP contribution in [0.3, 0.4) is 0 Å². The molecule has 0 saturated heterocycles. The van der Waals surface area contributed by atoms with E-state index in [0.29, 0.717) is 22.0 Å². The standard InChI is InChI=1S/C21H19ClFNO2/c1-21(2,3)26-20(25)19-16(15-6-4-5-7-17(15)22)12-18(24-19)13-8-10-14(23)11-9-13/h4-12,24H,1-3H3. The number of H-pyrrole nitrogens is 1. The number of esters is 1. The van der Waals surface area contributed by atoms with Crippen LogP contribution in [0.15, 0.2) is 54.6 Å². The first-order chi connectivity index (χ1) is 12.2. The Balaban J connectivity index is 2.13. The lowest BCUT2D eigenvalue weighted by atomic mass is 10.0. The van der Waals surface area contributed by atoms with Gasteiger partial charge in [0.1, 0.15) is 17.1 Å². The molecule has 0 fully saturated rings. The summed E-state index contributed by atoms with van der Waals surface area (Å²) in [6.07, 6.45) is 0. The molecule has 26 heavy (non-hydrogen) atoms. The summed E-state index contributed by atoms with van der Waals surface area (Å²) in [5.74, 6) is -0.792. The number of nitrogens with one attached hydrogen (secondary N) is 1. The van der Waals surface area contributed by atoms with E-state index in [2.05, 4.69) is 4.98 Å². The van der Waals surface area contributed by atoms with E-state index < -0.39 is 11.6 Å². The molecule has 0 atom stereocenters. The van der Waals surface area contributed by atoms with E-state index in [9.17, 15) is 9.18 Å². The van der Waals surface area contributed by atoms with Gasteiger partial charge in [-0.2, -0.15) is 0 Å². The minimum Gasteiger partial charge on any atom is -0.455 e. The van der Waals surface area contributed by atoms with Crippen molar-refractivity contribution in [3.8, 4) is 22.4 Å². The van der Waals surface area contributed by atoms with Gasteiger partial charge in [-0.1, -0.05) is 29.8 Å². The average molecular weight is 372 g/mol. The third-order valence-electron chi connectivity index (χ3n) is 3.74. The van der Waals surface area contributed by atoms with Crippen molar-refractivity contribution in [2.45, 2.75) is 26.4 Å². The number of aromatic nitrogens is 1. The van der Waals surface area contributed by atoms with Gasteiger partial charge in [0, 0.05) is 21.8 Å². The zero-order valence-corrected chi connectivity index (χ0v) is 15.5. The molecule has 1 heterocycles. The van der Waals surface area contributed by atoms with E-state index in [1.165, 1.54) is 12.1 Å². The van der Waals surface area contributed by atoms with Crippen molar-refractivity contribution < 1.29 is 13.9 Å². The zero-order valence-electron chi connectivity index (χ0n) is 14.8. The van der Waals surface area contributed by atoms with Crippen LogP contribution in [0.4, 0.5) is 4.39 Å². The van der Waals surface area contributed by atoms with Crippen LogP contribution < -0.4 is 0 Å². The maximum atomic E-state index is 13.2. The highest BCUT2D eigenvalue weighted by atomic mass is 35.5. The van der Waals surface area contributed by atoms with Crippen molar-refractivity contribution in [1.82, 2.24) is 4.98 Å². The third kappa shape index (κ3) is 3.97. The molecule has 3 nitrogen and oxygen atoms in total. The van der Waals surface area contributed by atoms with E-state index >= 15 is 0 Å². The lowest BCUT2D eigenvalue weighted by Crippen LogP contribution is -2.24. The number of hydrogen-bond donors (Lipinski definition) is 1. The third-order valence-corrected chi connectivity index (χ3v) is 4.07. The second kappa shape index (κ2) is 6.96. The topological polar surface area (TPSA) is 42.1 Å². The summed E-state index contributed by atoms with van der Waals surface area (Å²) in [6.45, 7) is 5.43. The molecular formula is C21H19ClFNO2. The molecular weight excluding hydrogens is 353 g/mol. The molecule has 0 unspecified atom stereocenters. The lowest BCUT2D eigenvalue weighted by Gasteiger charge is -2.19. The summed E-state index contributed by atoms with van der Waals surface area (Å²) >= 11 is 6.33. The summed E-state index contributed by atoms with van der Waals surface area (Å²) in [5, 5.41) is 0.530. The summed E-state index contributed by atoms with van der Waals surface area (Å²) in [5.41, 5.74) is 2.49. The zero-order chi connectivity index (χ0) is 18.9. The van der Waals surface area contributed by atoms with Gasteiger partial charge in [-0.15, -0.1) is 0 Å². The highest BCUT2D eigenvalue weighted by Crippen LogP contribution is 2.35. The van der Waals surface area contributed by atoms with Crippen molar-refractivity contribution in [2.75, 3.05) is 0 Å². The maximum absolute atomic E-state index is 13.2. The van der Waals surface area contributed by atoms with E-state index in [4.69, 9.17) is 16.3 Å². The molecule has 3 rings (SSSR count). The van der Waals surface area contributed by atoms with Gasteiger partial charge in [0.05, 0.1) is 0 Å². The molecule has 0 aliphatic carbocycles. The number of carbonyl (C=O) groups is 1. The quantitative estimate of drug-likeness (QED) is 0.565. The minimum atomic E-state index is -0.629. The molecule has 1 aromatic heterocycles. The van der Waals surface area contributed by atoms with Crippen LogP contribution in [0.2, 0.25) is 5.02 Å². The Morgan fingerprint density at radius 3 is 2.31 bits per heavy atom. The monoisotopic (exact) mass is 371 g/mol. The number of carbonyl (C=O) groups excluding carboxylic acids is 1.